The minimum Gasteiger partial charge on any atom is -0.508 e. The van der Waals surface area contributed by atoms with Crippen molar-refractivity contribution in [2.75, 3.05) is 0 Å². The summed E-state index contributed by atoms with van der Waals surface area (Å²) >= 11 is 0. The Morgan fingerprint density at radius 2 is 0.909 bits per heavy atom. The van der Waals surface area contributed by atoms with Gasteiger partial charge in [0.05, 0.1) is 0 Å². The molecular weight excluding hydrogens is 312 g/mol. The molecule has 2 aromatic carbocycles. The molecule has 0 heterocycles. The number of phenolic OH excluding ortho intramolecular Hbond substituents is 2. The summed E-state index contributed by atoms with van der Waals surface area (Å²) < 4.78 is 0. The van der Waals surface area contributed by atoms with Crippen LogP contribution in [-0.4, -0.2) is 10.2 Å². The molecule has 0 spiro atoms. The fraction of sp³-hybridized carbons (Fsp3) is 0.333. The van der Waals surface area contributed by atoms with Crippen molar-refractivity contribution in [2.24, 2.45) is 0 Å². The zero-order valence-electron chi connectivity index (χ0n) is 14.0. The Hall–Kier alpha value is -1.26. The van der Waals surface area contributed by atoms with Gasteiger partial charge in [0.15, 0.2) is 0 Å². The van der Waals surface area contributed by atoms with Crippen molar-refractivity contribution in [3.05, 3.63) is 46.5 Å². The van der Waals surface area contributed by atoms with Gasteiger partial charge in [0, 0.05) is 9.79 Å². The van der Waals surface area contributed by atoms with E-state index < -0.39 is 0 Å². The van der Waals surface area contributed by atoms with Gasteiger partial charge in [0.1, 0.15) is 11.5 Å². The van der Waals surface area contributed by atoms with E-state index in [1.807, 2.05) is 53.7 Å². The summed E-state index contributed by atoms with van der Waals surface area (Å²) in [4.78, 5) is 2.08. The van der Waals surface area contributed by atoms with Gasteiger partial charge in [0.25, 0.3) is 0 Å². The van der Waals surface area contributed by atoms with Gasteiger partial charge in [-0.2, -0.15) is 0 Å². The molecule has 2 N–H and O–H groups in total. The largest absolute Gasteiger partial charge is 0.508 e. The number of rotatable bonds is 3. The van der Waals surface area contributed by atoms with Crippen LogP contribution >= 0.6 is 21.6 Å². The normalized spacial score (nSPS) is 10.1. The van der Waals surface area contributed by atoms with Gasteiger partial charge >= 0.3 is 0 Å². The average Bonchev–Trinajstić information content (AvgIpc) is 2.48. The van der Waals surface area contributed by atoms with E-state index in [4.69, 9.17) is 0 Å². The lowest BCUT2D eigenvalue weighted by molar-refractivity contribution is 0.469. The Bertz CT molecular complexity index is 595. The molecule has 0 saturated carbocycles. The third-order valence-electron chi connectivity index (χ3n) is 3.21. The van der Waals surface area contributed by atoms with Crippen molar-refractivity contribution in [3.8, 4) is 11.5 Å². The smallest absolute Gasteiger partial charge is 0.119 e. The van der Waals surface area contributed by atoms with Crippen molar-refractivity contribution < 1.29 is 10.2 Å². The lowest BCUT2D eigenvalue weighted by atomic mass is 10.1. The van der Waals surface area contributed by atoms with Crippen molar-refractivity contribution in [2.45, 2.75) is 51.3 Å². The SMILES string of the molecule is CC.Cc1cc(C)c(SSc2cc(O)c(C)cc2C)cc1O. The number of aryl methyl sites for hydroxylation is 4. The van der Waals surface area contributed by atoms with Gasteiger partial charge in [-0.05, 0) is 62.1 Å². The minimum absolute atomic E-state index is 0.321. The number of benzene rings is 2. The van der Waals surface area contributed by atoms with Crippen LogP contribution < -0.4 is 0 Å². The van der Waals surface area contributed by atoms with Crippen LogP contribution in [0.25, 0.3) is 0 Å². The first-order valence-corrected chi connectivity index (χ1v) is 9.48. The second kappa shape index (κ2) is 8.39. The monoisotopic (exact) mass is 336 g/mol. The molecule has 2 rings (SSSR count). The average molecular weight is 337 g/mol. The Labute approximate surface area is 141 Å². The molecular formula is C18H24O2S2. The molecule has 0 aliphatic carbocycles. The summed E-state index contributed by atoms with van der Waals surface area (Å²) in [5, 5.41) is 19.6. The fourth-order valence-electron chi connectivity index (χ4n) is 1.91. The van der Waals surface area contributed by atoms with Crippen LogP contribution in [0.1, 0.15) is 36.1 Å². The van der Waals surface area contributed by atoms with E-state index in [1.165, 1.54) is 0 Å². The molecule has 22 heavy (non-hydrogen) atoms. The molecule has 4 heteroatoms. The number of hydrogen-bond acceptors (Lipinski definition) is 4. The van der Waals surface area contributed by atoms with Crippen LogP contribution in [0.15, 0.2) is 34.1 Å². The first-order valence-electron chi connectivity index (χ1n) is 7.33. The summed E-state index contributed by atoms with van der Waals surface area (Å²) in [7, 11) is 3.19. The molecule has 0 aliphatic rings. The summed E-state index contributed by atoms with van der Waals surface area (Å²) in [6.07, 6.45) is 0. The maximum atomic E-state index is 9.79. The molecule has 0 unspecified atom stereocenters. The topological polar surface area (TPSA) is 40.5 Å². The first kappa shape index (κ1) is 18.8. The van der Waals surface area contributed by atoms with Crippen molar-refractivity contribution in [1.82, 2.24) is 0 Å². The summed E-state index contributed by atoms with van der Waals surface area (Å²) in [6, 6.07) is 7.56. The van der Waals surface area contributed by atoms with Gasteiger partial charge in [-0.3, -0.25) is 0 Å². The maximum absolute atomic E-state index is 9.79. The van der Waals surface area contributed by atoms with Crippen LogP contribution in [0.5, 0.6) is 11.5 Å². The van der Waals surface area contributed by atoms with E-state index in [-0.39, 0.29) is 0 Å². The predicted octanol–water partition coefficient (Wildman–Crippen LogP) is 6.16. The lowest BCUT2D eigenvalue weighted by Crippen LogP contribution is -1.84. The van der Waals surface area contributed by atoms with Crippen LogP contribution in [0.4, 0.5) is 0 Å². The molecule has 2 aromatic rings. The predicted molar refractivity (Wildman–Crippen MR) is 98.2 cm³/mol. The Kier molecular flexibility index (Phi) is 7.17. The third-order valence-corrected chi connectivity index (χ3v) is 5.86. The Morgan fingerprint density at radius 1 is 0.591 bits per heavy atom. The Morgan fingerprint density at radius 3 is 1.23 bits per heavy atom. The molecule has 120 valence electrons. The summed E-state index contributed by atoms with van der Waals surface area (Å²) in [5.41, 5.74) is 4.07. The molecule has 0 aliphatic heterocycles. The van der Waals surface area contributed by atoms with Gasteiger partial charge in [-0.1, -0.05) is 47.6 Å². The highest BCUT2D eigenvalue weighted by Gasteiger charge is 2.08. The van der Waals surface area contributed by atoms with Crippen LogP contribution in [0, 0.1) is 27.7 Å². The van der Waals surface area contributed by atoms with Gasteiger partial charge in [0.2, 0.25) is 0 Å². The highest BCUT2D eigenvalue weighted by molar-refractivity contribution is 8.76. The number of aromatic hydroxyl groups is 2. The van der Waals surface area contributed by atoms with Crippen molar-refractivity contribution in [1.29, 1.82) is 0 Å². The molecule has 0 atom stereocenters. The van der Waals surface area contributed by atoms with E-state index in [1.54, 1.807) is 33.7 Å². The summed E-state index contributed by atoms with van der Waals surface area (Å²) in [6.45, 7) is 11.9. The van der Waals surface area contributed by atoms with Crippen LogP contribution in [0.3, 0.4) is 0 Å². The van der Waals surface area contributed by atoms with E-state index >= 15 is 0 Å². The molecule has 2 nitrogen and oxygen atoms in total. The second-order valence-electron chi connectivity index (χ2n) is 4.98. The van der Waals surface area contributed by atoms with E-state index in [2.05, 4.69) is 0 Å². The summed E-state index contributed by atoms with van der Waals surface area (Å²) in [5.74, 6) is 0.643. The van der Waals surface area contributed by atoms with Crippen molar-refractivity contribution in [3.63, 3.8) is 0 Å². The number of hydrogen-bond donors (Lipinski definition) is 2. The van der Waals surface area contributed by atoms with Crippen LogP contribution in [0.2, 0.25) is 0 Å². The lowest BCUT2D eigenvalue weighted by Gasteiger charge is -2.10. The molecule has 0 radical (unpaired) electrons. The van der Waals surface area contributed by atoms with Gasteiger partial charge < -0.3 is 10.2 Å². The molecule has 0 amide bonds. The molecule has 0 bridgehead atoms. The highest BCUT2D eigenvalue weighted by Crippen LogP contribution is 2.43. The van der Waals surface area contributed by atoms with Crippen LogP contribution in [-0.2, 0) is 0 Å². The van der Waals surface area contributed by atoms with E-state index in [0.717, 1.165) is 32.0 Å². The Balaban J connectivity index is 0.00000116. The molecule has 0 saturated heterocycles. The van der Waals surface area contributed by atoms with E-state index in [9.17, 15) is 10.2 Å². The standard InChI is InChI=1S/C16H18O2S2.C2H6/c1-9-5-11(3)15(7-13(9)17)19-20-16-8-14(18)10(2)6-12(16)4;1-2/h5-8,17-18H,1-4H3;1-2H3. The second-order valence-corrected chi connectivity index (χ2v) is 7.19. The maximum Gasteiger partial charge on any atom is 0.119 e. The molecule has 0 fully saturated rings. The zero-order valence-corrected chi connectivity index (χ0v) is 15.7. The first-order chi connectivity index (χ1) is 10.4. The molecule has 0 aromatic heterocycles. The minimum atomic E-state index is 0.321. The van der Waals surface area contributed by atoms with Gasteiger partial charge in [-0.15, -0.1) is 0 Å². The van der Waals surface area contributed by atoms with Crippen molar-refractivity contribution >= 4 is 21.6 Å². The quantitative estimate of drug-likeness (QED) is 0.659. The fourth-order valence-corrected chi connectivity index (χ4v) is 4.41. The van der Waals surface area contributed by atoms with Gasteiger partial charge in [-0.25, -0.2) is 0 Å². The zero-order chi connectivity index (χ0) is 16.9. The highest BCUT2D eigenvalue weighted by atomic mass is 33.1. The number of phenols is 2. The third kappa shape index (κ3) is 4.62. The van der Waals surface area contributed by atoms with E-state index in [0.29, 0.717) is 11.5 Å².